The minimum absolute atomic E-state index is 0.194. The zero-order valence-electron chi connectivity index (χ0n) is 14.8. The Hall–Kier alpha value is -2.67. The Balaban J connectivity index is 1.84. The molecule has 6 nitrogen and oxygen atoms in total. The lowest BCUT2D eigenvalue weighted by atomic mass is 10.1. The molecule has 1 aliphatic heterocycles. The van der Waals surface area contributed by atoms with Crippen molar-refractivity contribution >= 4 is 33.2 Å². The van der Waals surface area contributed by atoms with Gasteiger partial charge in [0.25, 0.3) is 5.91 Å². The summed E-state index contributed by atoms with van der Waals surface area (Å²) in [5.74, 6) is -1.50. The molecule has 2 aromatic rings. The van der Waals surface area contributed by atoms with Crippen LogP contribution >= 0.6 is 0 Å². The zero-order chi connectivity index (χ0) is 19.1. The van der Waals surface area contributed by atoms with Gasteiger partial charge in [0, 0.05) is 11.3 Å². The first-order valence-corrected chi connectivity index (χ1v) is 9.86. The van der Waals surface area contributed by atoms with Gasteiger partial charge in [-0.2, -0.15) is 0 Å². The van der Waals surface area contributed by atoms with Gasteiger partial charge in [-0.25, -0.2) is 12.7 Å². The lowest BCUT2D eigenvalue weighted by molar-refractivity contribution is -0.119. The van der Waals surface area contributed by atoms with Gasteiger partial charge in [-0.3, -0.25) is 9.59 Å². The van der Waals surface area contributed by atoms with Gasteiger partial charge in [0.1, 0.15) is 0 Å². The molecule has 0 radical (unpaired) electrons. The largest absolute Gasteiger partial charge is 0.322 e. The predicted molar refractivity (Wildman–Crippen MR) is 101 cm³/mol. The van der Waals surface area contributed by atoms with Gasteiger partial charge in [-0.05, 0) is 49.2 Å². The molecule has 2 amide bonds. The quantitative estimate of drug-likeness (QED) is 0.898. The Bertz CT molecular complexity index is 961. The van der Waals surface area contributed by atoms with Gasteiger partial charge in [0.15, 0.2) is 0 Å². The van der Waals surface area contributed by atoms with Crippen molar-refractivity contribution in [2.24, 2.45) is 5.92 Å². The number of amides is 2. The van der Waals surface area contributed by atoms with Crippen LogP contribution in [-0.2, 0) is 14.8 Å². The summed E-state index contributed by atoms with van der Waals surface area (Å²) in [6.07, 6.45) is 0. The number of aryl methyl sites for hydroxylation is 2. The molecule has 0 spiro atoms. The maximum absolute atomic E-state index is 12.5. The fraction of sp³-hybridized carbons (Fsp3) is 0.263. The third-order valence-corrected chi connectivity index (χ3v) is 6.31. The van der Waals surface area contributed by atoms with E-state index in [2.05, 4.69) is 5.32 Å². The highest BCUT2D eigenvalue weighted by atomic mass is 32.2. The highest BCUT2D eigenvalue weighted by Crippen LogP contribution is 2.28. The number of para-hydroxylation sites is 1. The van der Waals surface area contributed by atoms with Crippen LogP contribution in [0.3, 0.4) is 0 Å². The summed E-state index contributed by atoms with van der Waals surface area (Å²) in [4.78, 5) is 24.6. The van der Waals surface area contributed by atoms with Crippen LogP contribution in [0.2, 0.25) is 0 Å². The number of nitrogens with one attached hydrogen (secondary N) is 1. The molecule has 26 heavy (non-hydrogen) atoms. The van der Waals surface area contributed by atoms with Crippen molar-refractivity contribution in [3.63, 3.8) is 0 Å². The van der Waals surface area contributed by atoms with E-state index in [1.165, 1.54) is 24.3 Å². The number of rotatable bonds is 3. The number of carbonyl (C=O) groups excluding carboxylic acids is 2. The second-order valence-corrected chi connectivity index (χ2v) is 8.41. The first-order chi connectivity index (χ1) is 12.2. The molecule has 136 valence electrons. The average molecular weight is 372 g/mol. The van der Waals surface area contributed by atoms with Gasteiger partial charge in [-0.1, -0.05) is 25.1 Å². The Morgan fingerprint density at radius 1 is 1.08 bits per heavy atom. The monoisotopic (exact) mass is 372 g/mol. The molecule has 1 saturated heterocycles. The van der Waals surface area contributed by atoms with Crippen LogP contribution in [0.15, 0.2) is 42.5 Å². The third-order valence-electron chi connectivity index (χ3n) is 4.44. The molecule has 1 aliphatic rings. The van der Waals surface area contributed by atoms with Crippen molar-refractivity contribution in [2.75, 3.05) is 15.4 Å². The van der Waals surface area contributed by atoms with E-state index in [9.17, 15) is 18.0 Å². The second kappa shape index (κ2) is 6.57. The molecule has 1 N–H and O–H groups in total. The average Bonchev–Trinajstić information content (AvgIpc) is 2.78. The third kappa shape index (κ3) is 3.22. The van der Waals surface area contributed by atoms with E-state index in [0.29, 0.717) is 5.56 Å². The molecule has 1 fully saturated rings. The van der Waals surface area contributed by atoms with E-state index >= 15 is 0 Å². The molecule has 1 heterocycles. The summed E-state index contributed by atoms with van der Waals surface area (Å²) >= 11 is 0. The van der Waals surface area contributed by atoms with E-state index in [1.54, 1.807) is 6.92 Å². The molecular formula is C19H20N2O4S. The molecular weight excluding hydrogens is 352 g/mol. The lowest BCUT2D eigenvalue weighted by Crippen LogP contribution is -2.30. The smallest absolute Gasteiger partial charge is 0.255 e. The molecule has 1 unspecified atom stereocenters. The summed E-state index contributed by atoms with van der Waals surface area (Å²) in [6, 6.07) is 11.7. The fourth-order valence-corrected chi connectivity index (χ4v) is 4.85. The van der Waals surface area contributed by atoms with E-state index < -0.39 is 21.8 Å². The number of nitrogens with zero attached hydrogens (tertiary/aromatic N) is 1. The highest BCUT2D eigenvalue weighted by molar-refractivity contribution is 7.94. The van der Waals surface area contributed by atoms with Crippen molar-refractivity contribution in [1.29, 1.82) is 0 Å². The van der Waals surface area contributed by atoms with Crippen molar-refractivity contribution in [1.82, 2.24) is 0 Å². The SMILES string of the molecule is Cc1cccc(C)c1NC(=O)c1ccc(N2C(=O)C(C)CS2(=O)=O)cc1. The van der Waals surface area contributed by atoms with Gasteiger partial charge in [0.05, 0.1) is 17.4 Å². The van der Waals surface area contributed by atoms with E-state index in [0.717, 1.165) is 21.1 Å². The van der Waals surface area contributed by atoms with Crippen LogP contribution in [0.25, 0.3) is 0 Å². The van der Waals surface area contributed by atoms with Gasteiger partial charge >= 0.3 is 0 Å². The van der Waals surface area contributed by atoms with Crippen LogP contribution in [0.1, 0.15) is 28.4 Å². The molecule has 0 aliphatic carbocycles. The van der Waals surface area contributed by atoms with Crippen LogP contribution in [0, 0.1) is 19.8 Å². The minimum Gasteiger partial charge on any atom is -0.322 e. The Labute approximate surface area is 152 Å². The van der Waals surface area contributed by atoms with Crippen molar-refractivity contribution < 1.29 is 18.0 Å². The highest BCUT2D eigenvalue weighted by Gasteiger charge is 2.41. The van der Waals surface area contributed by atoms with Gasteiger partial charge < -0.3 is 5.32 Å². The summed E-state index contributed by atoms with van der Waals surface area (Å²) < 4.78 is 25.1. The van der Waals surface area contributed by atoms with Crippen LogP contribution in [-0.4, -0.2) is 26.0 Å². The Kier molecular flexibility index (Phi) is 4.58. The maximum atomic E-state index is 12.5. The number of benzene rings is 2. The maximum Gasteiger partial charge on any atom is 0.255 e. The van der Waals surface area contributed by atoms with E-state index in [1.807, 2.05) is 32.0 Å². The number of hydrogen-bond acceptors (Lipinski definition) is 4. The summed E-state index contributed by atoms with van der Waals surface area (Å²) in [7, 11) is -3.65. The molecule has 0 bridgehead atoms. The van der Waals surface area contributed by atoms with E-state index in [4.69, 9.17) is 0 Å². The van der Waals surface area contributed by atoms with Gasteiger partial charge in [0.2, 0.25) is 15.9 Å². The Morgan fingerprint density at radius 3 is 2.15 bits per heavy atom. The number of carbonyl (C=O) groups is 2. The molecule has 0 aromatic heterocycles. The predicted octanol–water partition coefficient (Wildman–Crippen LogP) is 2.87. The Morgan fingerprint density at radius 2 is 1.65 bits per heavy atom. The molecule has 1 atom stereocenters. The van der Waals surface area contributed by atoms with Crippen LogP contribution < -0.4 is 9.62 Å². The minimum atomic E-state index is -3.65. The number of anilines is 2. The molecule has 3 rings (SSSR count). The topological polar surface area (TPSA) is 83.6 Å². The summed E-state index contributed by atoms with van der Waals surface area (Å²) in [5.41, 5.74) is 3.31. The van der Waals surface area contributed by atoms with Crippen LogP contribution in [0.4, 0.5) is 11.4 Å². The van der Waals surface area contributed by atoms with Crippen molar-refractivity contribution in [3.05, 3.63) is 59.2 Å². The second-order valence-electron chi connectivity index (χ2n) is 6.55. The molecule has 0 saturated carbocycles. The number of hydrogen-bond donors (Lipinski definition) is 1. The first-order valence-electron chi connectivity index (χ1n) is 8.25. The zero-order valence-corrected chi connectivity index (χ0v) is 15.6. The normalized spacial score (nSPS) is 18.8. The standard InChI is InChI=1S/C19H20N2O4S/c1-12-5-4-6-13(2)17(12)20-18(22)15-7-9-16(10-8-15)21-19(23)14(3)11-26(21,24)25/h4-10,14H,11H2,1-3H3,(H,20,22). The molecule has 2 aromatic carbocycles. The summed E-state index contributed by atoms with van der Waals surface area (Å²) in [6.45, 7) is 5.42. The number of sulfonamides is 1. The van der Waals surface area contributed by atoms with Crippen molar-refractivity contribution in [3.8, 4) is 0 Å². The van der Waals surface area contributed by atoms with Crippen molar-refractivity contribution in [2.45, 2.75) is 20.8 Å². The lowest BCUT2D eigenvalue weighted by Gasteiger charge is -2.16. The summed E-state index contributed by atoms with van der Waals surface area (Å²) in [5, 5.41) is 2.88. The fourth-order valence-electron chi connectivity index (χ4n) is 3.03. The first kappa shape index (κ1) is 18.1. The van der Waals surface area contributed by atoms with E-state index in [-0.39, 0.29) is 17.3 Å². The van der Waals surface area contributed by atoms with Gasteiger partial charge in [-0.15, -0.1) is 0 Å². The van der Waals surface area contributed by atoms with Crippen LogP contribution in [0.5, 0.6) is 0 Å². The molecule has 7 heteroatoms.